The number of nitrogens with one attached hydrogen (secondary N) is 1. The Morgan fingerprint density at radius 3 is 2.71 bits per heavy atom. The van der Waals surface area contributed by atoms with Gasteiger partial charge in [-0.25, -0.2) is 0 Å². The van der Waals surface area contributed by atoms with Crippen molar-refractivity contribution in [1.29, 1.82) is 0 Å². The summed E-state index contributed by atoms with van der Waals surface area (Å²) in [5.41, 5.74) is 1.41. The molecule has 0 aromatic heterocycles. The average molecular weight is 237 g/mol. The third-order valence-electron chi connectivity index (χ3n) is 2.62. The van der Waals surface area contributed by atoms with Crippen LogP contribution in [0, 0.1) is 0 Å². The third kappa shape index (κ3) is 4.18. The molecule has 1 fully saturated rings. The third-order valence-corrected chi connectivity index (χ3v) is 3.23. The molecular formula is C10H18Cl2N2. The van der Waals surface area contributed by atoms with Crippen LogP contribution in [0.25, 0.3) is 0 Å². The second kappa shape index (κ2) is 6.67. The Morgan fingerprint density at radius 1 is 1.50 bits per heavy atom. The highest BCUT2D eigenvalue weighted by atomic mass is 35.5. The molecular weight excluding hydrogens is 219 g/mol. The fourth-order valence-corrected chi connectivity index (χ4v) is 1.92. The Balaban J connectivity index is 2.11. The van der Waals surface area contributed by atoms with Crippen LogP contribution in [0.3, 0.4) is 0 Å². The first-order valence-corrected chi connectivity index (χ1v) is 5.95. The molecule has 1 N–H and O–H groups in total. The number of hydrogen-bond donors (Lipinski definition) is 1. The van der Waals surface area contributed by atoms with E-state index in [-0.39, 0.29) is 0 Å². The molecule has 14 heavy (non-hydrogen) atoms. The molecule has 1 atom stereocenters. The summed E-state index contributed by atoms with van der Waals surface area (Å²) in [6.07, 6.45) is 2.68. The van der Waals surface area contributed by atoms with E-state index in [2.05, 4.69) is 17.1 Å². The van der Waals surface area contributed by atoms with Gasteiger partial charge in [0.15, 0.2) is 0 Å². The maximum Gasteiger partial charge on any atom is 0.0431 e. The van der Waals surface area contributed by atoms with Crippen molar-refractivity contribution in [3.63, 3.8) is 0 Å². The molecule has 0 spiro atoms. The van der Waals surface area contributed by atoms with E-state index in [1.54, 1.807) is 0 Å². The summed E-state index contributed by atoms with van der Waals surface area (Å²) in [6, 6.07) is 0.595. The van der Waals surface area contributed by atoms with Crippen LogP contribution < -0.4 is 5.32 Å². The zero-order valence-corrected chi connectivity index (χ0v) is 10.1. The minimum absolute atomic E-state index is 0.595. The molecule has 2 nitrogen and oxygen atoms in total. The van der Waals surface area contributed by atoms with Crippen molar-refractivity contribution in [1.82, 2.24) is 10.2 Å². The Bertz CT molecular complexity index is 189. The van der Waals surface area contributed by atoms with E-state index in [9.17, 15) is 0 Å². The van der Waals surface area contributed by atoms with Gasteiger partial charge in [0.1, 0.15) is 0 Å². The van der Waals surface area contributed by atoms with Gasteiger partial charge in [-0.05, 0) is 32.9 Å². The lowest BCUT2D eigenvalue weighted by molar-refractivity contribution is 0.254. The lowest BCUT2D eigenvalue weighted by Gasteiger charge is -2.23. The zero-order valence-electron chi connectivity index (χ0n) is 8.60. The Labute approximate surface area is 96.2 Å². The highest BCUT2D eigenvalue weighted by Crippen LogP contribution is 2.10. The van der Waals surface area contributed by atoms with E-state index >= 15 is 0 Å². The number of likely N-dealkylation sites (tertiary alicyclic amines) is 1. The summed E-state index contributed by atoms with van der Waals surface area (Å²) in [6.45, 7) is 6.37. The van der Waals surface area contributed by atoms with Crippen LogP contribution in [0.1, 0.15) is 19.8 Å². The molecule has 1 rings (SSSR count). The minimum atomic E-state index is 0.595. The van der Waals surface area contributed by atoms with Crippen LogP contribution in [0.5, 0.6) is 0 Å². The van der Waals surface area contributed by atoms with E-state index in [1.165, 1.54) is 31.5 Å². The van der Waals surface area contributed by atoms with Crippen LogP contribution in [0.4, 0.5) is 0 Å². The van der Waals surface area contributed by atoms with Gasteiger partial charge in [-0.1, -0.05) is 23.2 Å². The normalized spacial score (nSPS) is 21.5. The summed E-state index contributed by atoms with van der Waals surface area (Å²) in [5.74, 6) is 0. The molecule has 1 aliphatic heterocycles. The molecule has 0 aromatic carbocycles. The molecule has 1 aliphatic rings. The van der Waals surface area contributed by atoms with E-state index in [0.717, 1.165) is 6.54 Å². The van der Waals surface area contributed by atoms with E-state index in [1.807, 2.05) is 0 Å². The molecule has 0 saturated carbocycles. The summed E-state index contributed by atoms with van der Waals surface area (Å²) in [7, 11) is 0. The van der Waals surface area contributed by atoms with Gasteiger partial charge < -0.3 is 5.32 Å². The lowest BCUT2D eigenvalue weighted by Crippen LogP contribution is -2.38. The first kappa shape index (κ1) is 12.3. The molecule has 0 bridgehead atoms. The van der Waals surface area contributed by atoms with Gasteiger partial charge in [0.25, 0.3) is 0 Å². The molecule has 0 aromatic rings. The minimum Gasteiger partial charge on any atom is -0.310 e. The Kier molecular flexibility index (Phi) is 5.87. The molecule has 0 amide bonds. The monoisotopic (exact) mass is 236 g/mol. The van der Waals surface area contributed by atoms with Gasteiger partial charge in [-0.3, -0.25) is 4.90 Å². The van der Waals surface area contributed by atoms with Crippen molar-refractivity contribution >= 4 is 23.2 Å². The summed E-state index contributed by atoms with van der Waals surface area (Å²) >= 11 is 11.2. The van der Waals surface area contributed by atoms with Crippen LogP contribution in [0.2, 0.25) is 0 Å². The second-order valence-corrected chi connectivity index (χ2v) is 4.48. The molecule has 0 radical (unpaired) electrons. The van der Waals surface area contributed by atoms with Gasteiger partial charge in [0.2, 0.25) is 0 Å². The van der Waals surface area contributed by atoms with Crippen LogP contribution in [-0.4, -0.2) is 37.1 Å². The van der Waals surface area contributed by atoms with Crippen LogP contribution in [-0.2, 0) is 0 Å². The number of rotatable bonds is 5. The van der Waals surface area contributed by atoms with Crippen LogP contribution >= 0.6 is 23.2 Å². The first-order valence-electron chi connectivity index (χ1n) is 5.13. The van der Waals surface area contributed by atoms with Crippen molar-refractivity contribution in [2.24, 2.45) is 0 Å². The van der Waals surface area contributed by atoms with Crippen molar-refractivity contribution in [2.45, 2.75) is 25.8 Å². The number of halogens is 2. The van der Waals surface area contributed by atoms with Gasteiger partial charge in [-0.15, -0.1) is 0 Å². The van der Waals surface area contributed by atoms with Crippen LogP contribution in [0.15, 0.2) is 10.6 Å². The van der Waals surface area contributed by atoms with Crippen molar-refractivity contribution in [2.75, 3.05) is 26.2 Å². The average Bonchev–Trinajstić information content (AvgIpc) is 2.70. The molecule has 1 heterocycles. The van der Waals surface area contributed by atoms with Gasteiger partial charge in [0, 0.05) is 29.7 Å². The fourth-order valence-electron chi connectivity index (χ4n) is 1.75. The van der Waals surface area contributed by atoms with Gasteiger partial charge >= 0.3 is 0 Å². The van der Waals surface area contributed by atoms with Gasteiger partial charge in [0.05, 0.1) is 0 Å². The maximum absolute atomic E-state index is 5.76. The topological polar surface area (TPSA) is 15.3 Å². The number of nitrogens with zero attached hydrogens (tertiary/aromatic N) is 1. The predicted molar refractivity (Wildman–Crippen MR) is 62.9 cm³/mol. The van der Waals surface area contributed by atoms with E-state index in [4.69, 9.17) is 23.2 Å². The summed E-state index contributed by atoms with van der Waals surface area (Å²) in [5, 5.41) is 3.95. The summed E-state index contributed by atoms with van der Waals surface area (Å²) < 4.78 is 0. The fraction of sp³-hybridized carbons (Fsp3) is 0.800. The molecule has 1 unspecified atom stereocenters. The molecule has 4 heteroatoms. The van der Waals surface area contributed by atoms with Crippen molar-refractivity contribution in [3.05, 3.63) is 10.6 Å². The van der Waals surface area contributed by atoms with Gasteiger partial charge in [-0.2, -0.15) is 0 Å². The number of hydrogen-bond acceptors (Lipinski definition) is 2. The standard InChI is InChI=1S/C10H18Cl2N2/c1-9(14-4-2-3-5-14)7-13-8-10(12)6-11/h6,9,13H,2-5,7-8H2,1H3. The molecule has 0 aliphatic carbocycles. The Morgan fingerprint density at radius 2 is 2.14 bits per heavy atom. The summed E-state index contributed by atoms with van der Waals surface area (Å²) in [4.78, 5) is 2.51. The lowest BCUT2D eigenvalue weighted by atomic mass is 10.3. The largest absolute Gasteiger partial charge is 0.310 e. The molecule has 1 saturated heterocycles. The SMILES string of the molecule is CC(CNCC(Cl)=CCl)N1CCCC1. The highest BCUT2D eigenvalue weighted by molar-refractivity contribution is 6.36. The van der Waals surface area contributed by atoms with Crippen molar-refractivity contribution in [3.8, 4) is 0 Å². The predicted octanol–water partition coefficient (Wildman–Crippen LogP) is 2.38. The quantitative estimate of drug-likeness (QED) is 0.789. The first-order chi connectivity index (χ1) is 6.74. The smallest absolute Gasteiger partial charge is 0.0431 e. The van der Waals surface area contributed by atoms with E-state index in [0.29, 0.717) is 17.6 Å². The van der Waals surface area contributed by atoms with Crippen molar-refractivity contribution < 1.29 is 0 Å². The Hall–Kier alpha value is 0.240. The maximum atomic E-state index is 5.76. The van der Waals surface area contributed by atoms with E-state index < -0.39 is 0 Å². The second-order valence-electron chi connectivity index (χ2n) is 3.78. The highest BCUT2D eigenvalue weighted by Gasteiger charge is 2.17. The molecule has 82 valence electrons. The zero-order chi connectivity index (χ0) is 10.4.